The quantitative estimate of drug-likeness (QED) is 0.597. The third kappa shape index (κ3) is 4.60. The molecule has 5 rings (SSSR count). The summed E-state index contributed by atoms with van der Waals surface area (Å²) in [5, 5.41) is 4.77. The summed E-state index contributed by atoms with van der Waals surface area (Å²) in [5.41, 5.74) is 3.27. The summed E-state index contributed by atoms with van der Waals surface area (Å²) in [6.45, 7) is 3.26. The van der Waals surface area contributed by atoms with Gasteiger partial charge >= 0.3 is 0 Å². The van der Waals surface area contributed by atoms with E-state index in [0.717, 1.165) is 48.8 Å². The zero-order valence-electron chi connectivity index (χ0n) is 19.0. The van der Waals surface area contributed by atoms with Gasteiger partial charge in [0.15, 0.2) is 0 Å². The lowest BCUT2D eigenvalue weighted by molar-refractivity contribution is -0.131. The molecule has 2 aromatic heterocycles. The van der Waals surface area contributed by atoms with Crippen LogP contribution in [-0.4, -0.2) is 56.7 Å². The Morgan fingerprint density at radius 1 is 1.12 bits per heavy atom. The van der Waals surface area contributed by atoms with Gasteiger partial charge in [-0.15, -0.1) is 0 Å². The van der Waals surface area contributed by atoms with Gasteiger partial charge in [-0.1, -0.05) is 18.2 Å². The Hall–Kier alpha value is -3.29. The molecule has 33 heavy (non-hydrogen) atoms. The standard InChI is InChI=1S/C25H29FN6O/c1-30-17-20(22-10-11-27-25(28-22)31-12-4-5-13-31)24(29-30)19-8-6-14-32(16-19)23(33)15-18-7-2-3-9-21(18)26/h2-3,7,9-11,17,19H,4-6,8,12-16H2,1H3/t19-/m0/s1. The first-order valence-electron chi connectivity index (χ1n) is 11.7. The van der Waals surface area contributed by atoms with Crippen LogP contribution in [-0.2, 0) is 18.3 Å². The van der Waals surface area contributed by atoms with Crippen LogP contribution in [0.15, 0.2) is 42.7 Å². The molecule has 172 valence electrons. The lowest BCUT2D eigenvalue weighted by Crippen LogP contribution is -2.40. The molecule has 0 bridgehead atoms. The van der Waals surface area contributed by atoms with Gasteiger partial charge in [-0.25, -0.2) is 14.4 Å². The van der Waals surface area contributed by atoms with Crippen molar-refractivity contribution in [3.05, 3.63) is 59.8 Å². The third-order valence-corrected chi connectivity index (χ3v) is 6.63. The largest absolute Gasteiger partial charge is 0.342 e. The number of piperidine rings is 1. The van der Waals surface area contributed by atoms with Gasteiger partial charge in [-0.05, 0) is 43.4 Å². The van der Waals surface area contributed by atoms with E-state index >= 15 is 0 Å². The summed E-state index contributed by atoms with van der Waals surface area (Å²) >= 11 is 0. The fraction of sp³-hybridized carbons (Fsp3) is 0.440. The molecule has 0 radical (unpaired) electrons. The number of carbonyl (C=O) groups is 1. The number of aromatic nitrogens is 4. The summed E-state index contributed by atoms with van der Waals surface area (Å²) in [5.74, 6) is 0.513. The molecule has 0 N–H and O–H groups in total. The molecule has 1 amide bonds. The Kier molecular flexibility index (Phi) is 6.07. The maximum Gasteiger partial charge on any atom is 0.227 e. The Bertz CT molecular complexity index is 1140. The number of nitrogens with zero attached hydrogens (tertiary/aromatic N) is 6. The smallest absolute Gasteiger partial charge is 0.227 e. The number of hydrogen-bond acceptors (Lipinski definition) is 5. The number of aryl methyl sites for hydroxylation is 1. The van der Waals surface area contributed by atoms with E-state index in [0.29, 0.717) is 18.7 Å². The minimum Gasteiger partial charge on any atom is -0.342 e. The Balaban J connectivity index is 1.36. The zero-order valence-corrected chi connectivity index (χ0v) is 19.0. The lowest BCUT2D eigenvalue weighted by atomic mass is 9.91. The highest BCUT2D eigenvalue weighted by Crippen LogP contribution is 2.33. The fourth-order valence-corrected chi connectivity index (χ4v) is 4.92. The first kappa shape index (κ1) is 21.6. The van der Waals surface area contributed by atoms with Crippen LogP contribution in [0.5, 0.6) is 0 Å². The second-order valence-electron chi connectivity index (χ2n) is 8.98. The van der Waals surface area contributed by atoms with Crippen LogP contribution >= 0.6 is 0 Å². The van der Waals surface area contributed by atoms with E-state index in [9.17, 15) is 9.18 Å². The number of benzene rings is 1. The molecule has 0 spiro atoms. The predicted octanol–water partition coefficient (Wildman–Crippen LogP) is 3.57. The Labute approximate surface area is 193 Å². The second-order valence-corrected chi connectivity index (χ2v) is 8.98. The fourth-order valence-electron chi connectivity index (χ4n) is 4.92. The number of halogens is 1. The number of likely N-dealkylation sites (tertiary alicyclic amines) is 1. The van der Waals surface area contributed by atoms with Crippen molar-refractivity contribution in [2.45, 2.75) is 38.0 Å². The van der Waals surface area contributed by atoms with Gasteiger partial charge in [0, 0.05) is 57.1 Å². The molecule has 3 aromatic rings. The van der Waals surface area contributed by atoms with Crippen molar-refractivity contribution in [2.24, 2.45) is 7.05 Å². The molecule has 2 saturated heterocycles. The van der Waals surface area contributed by atoms with E-state index in [4.69, 9.17) is 10.1 Å². The van der Waals surface area contributed by atoms with Crippen LogP contribution < -0.4 is 4.90 Å². The van der Waals surface area contributed by atoms with Crippen molar-refractivity contribution in [3.8, 4) is 11.3 Å². The summed E-state index contributed by atoms with van der Waals surface area (Å²) in [6, 6.07) is 8.43. The van der Waals surface area contributed by atoms with Crippen LogP contribution in [0.25, 0.3) is 11.3 Å². The number of hydrogen-bond donors (Lipinski definition) is 0. The second kappa shape index (κ2) is 9.29. The minimum absolute atomic E-state index is 0.0411. The Morgan fingerprint density at radius 2 is 1.94 bits per heavy atom. The van der Waals surface area contributed by atoms with Gasteiger partial charge in [0.05, 0.1) is 17.8 Å². The number of rotatable bonds is 5. The van der Waals surface area contributed by atoms with Crippen LogP contribution in [0.1, 0.15) is 42.9 Å². The number of carbonyl (C=O) groups excluding carboxylic acids is 1. The monoisotopic (exact) mass is 448 g/mol. The molecule has 8 heteroatoms. The first-order valence-corrected chi connectivity index (χ1v) is 11.7. The molecule has 7 nitrogen and oxygen atoms in total. The SMILES string of the molecule is Cn1cc(-c2ccnc(N3CCCC3)n2)c([C@H]2CCCN(C(=O)Cc3ccccc3F)C2)n1. The maximum atomic E-state index is 14.0. The van der Waals surface area contributed by atoms with Gasteiger partial charge in [-0.2, -0.15) is 5.10 Å². The normalized spacial score (nSPS) is 18.7. The topological polar surface area (TPSA) is 67.2 Å². The van der Waals surface area contributed by atoms with E-state index in [2.05, 4.69) is 9.88 Å². The highest BCUT2D eigenvalue weighted by Gasteiger charge is 2.29. The highest BCUT2D eigenvalue weighted by atomic mass is 19.1. The molecule has 1 aromatic carbocycles. The summed E-state index contributed by atoms with van der Waals surface area (Å²) < 4.78 is 15.9. The first-order chi connectivity index (χ1) is 16.1. The van der Waals surface area contributed by atoms with Gasteiger partial charge in [0.25, 0.3) is 0 Å². The van der Waals surface area contributed by atoms with Crippen molar-refractivity contribution < 1.29 is 9.18 Å². The highest BCUT2D eigenvalue weighted by molar-refractivity contribution is 5.79. The van der Waals surface area contributed by atoms with Gasteiger partial charge in [-0.3, -0.25) is 9.48 Å². The van der Waals surface area contributed by atoms with Crippen LogP contribution in [0.3, 0.4) is 0 Å². The number of amides is 1. The number of anilines is 1. The van der Waals surface area contributed by atoms with Crippen molar-refractivity contribution in [1.82, 2.24) is 24.6 Å². The average molecular weight is 449 g/mol. The van der Waals surface area contributed by atoms with E-state index in [1.54, 1.807) is 18.2 Å². The van der Waals surface area contributed by atoms with E-state index in [1.165, 1.54) is 18.9 Å². The van der Waals surface area contributed by atoms with E-state index in [-0.39, 0.29) is 24.1 Å². The molecular formula is C25H29FN6O. The average Bonchev–Trinajstić information content (AvgIpc) is 3.51. The maximum absolute atomic E-state index is 14.0. The molecule has 2 aliphatic heterocycles. The van der Waals surface area contributed by atoms with Gasteiger partial charge in [0.2, 0.25) is 11.9 Å². The predicted molar refractivity (Wildman–Crippen MR) is 124 cm³/mol. The summed E-state index contributed by atoms with van der Waals surface area (Å²) in [6.07, 6.45) is 8.10. The molecule has 0 aliphatic carbocycles. The molecule has 1 atom stereocenters. The van der Waals surface area contributed by atoms with Crippen LogP contribution in [0, 0.1) is 5.82 Å². The summed E-state index contributed by atoms with van der Waals surface area (Å²) in [4.78, 5) is 26.4. The van der Waals surface area contributed by atoms with E-state index in [1.807, 2.05) is 35.1 Å². The molecule has 2 aliphatic rings. The van der Waals surface area contributed by atoms with Gasteiger partial charge < -0.3 is 9.80 Å². The molecule has 4 heterocycles. The van der Waals surface area contributed by atoms with Gasteiger partial charge in [0.1, 0.15) is 5.82 Å². The molecule has 0 saturated carbocycles. The van der Waals surface area contributed by atoms with Crippen molar-refractivity contribution in [2.75, 3.05) is 31.1 Å². The molecule has 2 fully saturated rings. The third-order valence-electron chi connectivity index (χ3n) is 6.63. The minimum atomic E-state index is -0.330. The summed E-state index contributed by atoms with van der Waals surface area (Å²) in [7, 11) is 1.92. The zero-order chi connectivity index (χ0) is 22.8. The van der Waals surface area contributed by atoms with E-state index < -0.39 is 0 Å². The van der Waals surface area contributed by atoms with Crippen LogP contribution in [0.2, 0.25) is 0 Å². The van der Waals surface area contributed by atoms with Crippen LogP contribution in [0.4, 0.5) is 10.3 Å². The van der Waals surface area contributed by atoms with Crippen molar-refractivity contribution in [3.63, 3.8) is 0 Å². The lowest BCUT2D eigenvalue weighted by Gasteiger charge is -2.32. The Morgan fingerprint density at radius 3 is 2.76 bits per heavy atom. The molecular weight excluding hydrogens is 419 g/mol. The van der Waals surface area contributed by atoms with Crippen molar-refractivity contribution >= 4 is 11.9 Å². The van der Waals surface area contributed by atoms with Crippen molar-refractivity contribution in [1.29, 1.82) is 0 Å². The molecule has 0 unspecified atom stereocenters.